The lowest BCUT2D eigenvalue weighted by Gasteiger charge is -2.30. The Bertz CT molecular complexity index is 525. The number of hydrogen-bond acceptors (Lipinski definition) is 3. The van der Waals surface area contributed by atoms with Gasteiger partial charge in [-0.15, -0.1) is 11.3 Å². The van der Waals surface area contributed by atoms with Crippen LogP contribution >= 0.6 is 11.3 Å². The first-order valence-corrected chi connectivity index (χ1v) is 8.75. The summed E-state index contributed by atoms with van der Waals surface area (Å²) in [5, 5.41) is 5.61. The lowest BCUT2D eigenvalue weighted by atomic mass is 9.99. The van der Waals surface area contributed by atoms with E-state index < -0.39 is 0 Å². The van der Waals surface area contributed by atoms with E-state index in [4.69, 9.17) is 0 Å². The summed E-state index contributed by atoms with van der Waals surface area (Å²) in [5.41, 5.74) is 2.63. The third-order valence-electron chi connectivity index (χ3n) is 4.28. The normalized spacial score (nSPS) is 17.0. The highest BCUT2D eigenvalue weighted by Crippen LogP contribution is 2.19. The van der Waals surface area contributed by atoms with Crippen LogP contribution in [0.4, 0.5) is 5.69 Å². The van der Waals surface area contributed by atoms with Crippen molar-refractivity contribution in [1.29, 1.82) is 0 Å². The highest BCUT2D eigenvalue weighted by atomic mass is 32.1. The number of thiophene rings is 1. The number of benzene rings is 1. The first-order chi connectivity index (χ1) is 10.3. The van der Waals surface area contributed by atoms with E-state index in [1.54, 1.807) is 11.3 Å². The van der Waals surface area contributed by atoms with Gasteiger partial charge in [-0.25, -0.2) is 0 Å². The molecule has 2 nitrogen and oxygen atoms in total. The van der Waals surface area contributed by atoms with E-state index in [9.17, 15) is 0 Å². The lowest BCUT2D eigenvalue weighted by molar-refractivity contribution is 0.185. The lowest BCUT2D eigenvalue weighted by Crippen LogP contribution is -2.32. The summed E-state index contributed by atoms with van der Waals surface area (Å²) < 4.78 is 0. The maximum Gasteiger partial charge on any atom is 0.0494 e. The predicted octanol–water partition coefficient (Wildman–Crippen LogP) is 4.59. The van der Waals surface area contributed by atoms with Crippen molar-refractivity contribution in [2.24, 2.45) is 5.92 Å². The number of anilines is 1. The molecule has 1 aromatic carbocycles. The Balaban J connectivity index is 1.49. The van der Waals surface area contributed by atoms with E-state index in [1.165, 1.54) is 42.1 Å². The quantitative estimate of drug-likeness (QED) is 0.868. The highest BCUT2D eigenvalue weighted by Gasteiger charge is 2.15. The van der Waals surface area contributed by atoms with Crippen LogP contribution in [0.1, 0.15) is 30.2 Å². The molecule has 2 heterocycles. The summed E-state index contributed by atoms with van der Waals surface area (Å²) in [4.78, 5) is 3.95. The number of piperidine rings is 1. The fourth-order valence-corrected chi connectivity index (χ4v) is 3.45. The van der Waals surface area contributed by atoms with E-state index in [-0.39, 0.29) is 0 Å². The zero-order valence-corrected chi connectivity index (χ0v) is 13.5. The second-order valence-electron chi connectivity index (χ2n) is 6.09. The van der Waals surface area contributed by atoms with Crippen LogP contribution in [0, 0.1) is 5.92 Å². The summed E-state index contributed by atoms with van der Waals surface area (Å²) in [6, 6.07) is 13.2. The molecule has 0 atom stereocenters. The average molecular weight is 300 g/mol. The third kappa shape index (κ3) is 4.32. The van der Waals surface area contributed by atoms with Crippen molar-refractivity contribution in [3.05, 3.63) is 52.2 Å². The summed E-state index contributed by atoms with van der Waals surface area (Å²) >= 11 is 1.80. The SMILES string of the molecule is CC1CCN(Cc2ccc(NCc3cccs3)cc2)CC1. The second-order valence-corrected chi connectivity index (χ2v) is 7.12. The fourth-order valence-electron chi connectivity index (χ4n) is 2.81. The molecule has 0 bridgehead atoms. The minimum absolute atomic E-state index is 0.907. The zero-order valence-electron chi connectivity index (χ0n) is 12.7. The monoisotopic (exact) mass is 300 g/mol. The van der Waals surface area contributed by atoms with E-state index in [0.717, 1.165) is 19.0 Å². The number of nitrogens with one attached hydrogen (secondary N) is 1. The third-order valence-corrected chi connectivity index (χ3v) is 5.16. The van der Waals surface area contributed by atoms with Crippen molar-refractivity contribution in [3.8, 4) is 0 Å². The standard InChI is InChI=1S/C18H24N2S/c1-15-8-10-20(11-9-15)14-16-4-6-17(7-5-16)19-13-18-3-2-12-21-18/h2-7,12,15,19H,8-11,13-14H2,1H3. The molecule has 0 radical (unpaired) electrons. The molecule has 21 heavy (non-hydrogen) atoms. The van der Waals surface area contributed by atoms with Crippen molar-refractivity contribution >= 4 is 17.0 Å². The maximum absolute atomic E-state index is 3.48. The number of hydrogen-bond donors (Lipinski definition) is 1. The molecule has 0 spiro atoms. The predicted molar refractivity (Wildman–Crippen MR) is 91.8 cm³/mol. The van der Waals surface area contributed by atoms with Gasteiger partial charge in [0.25, 0.3) is 0 Å². The van der Waals surface area contributed by atoms with Gasteiger partial charge in [0.05, 0.1) is 0 Å². The molecule has 0 aliphatic carbocycles. The smallest absolute Gasteiger partial charge is 0.0494 e. The van der Waals surface area contributed by atoms with Gasteiger partial charge in [-0.1, -0.05) is 25.1 Å². The van der Waals surface area contributed by atoms with Crippen molar-refractivity contribution in [2.45, 2.75) is 32.9 Å². The molecule has 1 N–H and O–H groups in total. The summed E-state index contributed by atoms with van der Waals surface area (Å²) in [6.45, 7) is 6.88. The molecule has 1 aromatic heterocycles. The molecule has 1 saturated heterocycles. The van der Waals surface area contributed by atoms with Crippen LogP contribution in [-0.2, 0) is 13.1 Å². The molecule has 3 heteroatoms. The summed E-state index contributed by atoms with van der Waals surface area (Å²) in [7, 11) is 0. The van der Waals surface area contributed by atoms with Crippen LogP contribution in [0.15, 0.2) is 41.8 Å². The number of nitrogens with zero attached hydrogens (tertiary/aromatic N) is 1. The van der Waals surface area contributed by atoms with E-state index in [2.05, 4.69) is 58.9 Å². The van der Waals surface area contributed by atoms with Crippen LogP contribution in [0.25, 0.3) is 0 Å². The van der Waals surface area contributed by atoms with Crippen LogP contribution in [0.3, 0.4) is 0 Å². The molecule has 112 valence electrons. The van der Waals surface area contributed by atoms with Gasteiger partial charge in [0.2, 0.25) is 0 Å². The first-order valence-electron chi connectivity index (χ1n) is 7.87. The highest BCUT2D eigenvalue weighted by molar-refractivity contribution is 7.09. The van der Waals surface area contributed by atoms with Crippen molar-refractivity contribution in [1.82, 2.24) is 4.90 Å². The average Bonchev–Trinajstić information content (AvgIpc) is 3.02. The first kappa shape index (κ1) is 14.6. The Morgan fingerprint density at radius 2 is 1.90 bits per heavy atom. The Morgan fingerprint density at radius 3 is 2.57 bits per heavy atom. The van der Waals surface area contributed by atoms with Gasteiger partial charge < -0.3 is 5.32 Å². The van der Waals surface area contributed by atoms with Crippen LogP contribution in [0.2, 0.25) is 0 Å². The summed E-state index contributed by atoms with van der Waals surface area (Å²) in [5.74, 6) is 0.907. The topological polar surface area (TPSA) is 15.3 Å². The van der Waals surface area contributed by atoms with Crippen molar-refractivity contribution < 1.29 is 0 Å². The number of likely N-dealkylation sites (tertiary alicyclic amines) is 1. The Morgan fingerprint density at radius 1 is 1.14 bits per heavy atom. The van der Waals surface area contributed by atoms with E-state index >= 15 is 0 Å². The maximum atomic E-state index is 3.48. The molecule has 1 fully saturated rings. The molecule has 0 saturated carbocycles. The van der Waals surface area contributed by atoms with Crippen LogP contribution in [0.5, 0.6) is 0 Å². The molecule has 3 rings (SSSR count). The molecular formula is C18H24N2S. The Labute approximate surface area is 131 Å². The zero-order chi connectivity index (χ0) is 14.5. The van der Waals surface area contributed by atoms with Gasteiger partial charge in [-0.2, -0.15) is 0 Å². The molecule has 2 aromatic rings. The van der Waals surface area contributed by atoms with Gasteiger partial charge in [0.1, 0.15) is 0 Å². The molecule has 0 unspecified atom stereocenters. The van der Waals surface area contributed by atoms with Crippen molar-refractivity contribution in [3.63, 3.8) is 0 Å². The molecular weight excluding hydrogens is 276 g/mol. The fraction of sp³-hybridized carbons (Fsp3) is 0.444. The van der Waals surface area contributed by atoms with Gasteiger partial charge in [-0.05, 0) is 61.0 Å². The molecule has 1 aliphatic heterocycles. The largest absolute Gasteiger partial charge is 0.380 e. The van der Waals surface area contributed by atoms with Gasteiger partial charge in [0.15, 0.2) is 0 Å². The van der Waals surface area contributed by atoms with Crippen molar-refractivity contribution in [2.75, 3.05) is 18.4 Å². The molecule has 0 amide bonds. The van der Waals surface area contributed by atoms with Gasteiger partial charge >= 0.3 is 0 Å². The second kappa shape index (κ2) is 7.10. The Kier molecular flexibility index (Phi) is 4.94. The minimum Gasteiger partial charge on any atom is -0.380 e. The number of rotatable bonds is 5. The minimum atomic E-state index is 0.907. The van der Waals surface area contributed by atoms with Gasteiger partial charge in [0, 0.05) is 23.7 Å². The summed E-state index contributed by atoms with van der Waals surface area (Å²) in [6.07, 6.45) is 2.70. The van der Waals surface area contributed by atoms with Gasteiger partial charge in [-0.3, -0.25) is 4.90 Å². The van der Waals surface area contributed by atoms with Crippen LogP contribution in [-0.4, -0.2) is 18.0 Å². The van der Waals surface area contributed by atoms with E-state index in [1.807, 2.05) is 0 Å². The van der Waals surface area contributed by atoms with E-state index in [0.29, 0.717) is 0 Å². The van der Waals surface area contributed by atoms with Crippen LogP contribution < -0.4 is 5.32 Å². The Hall–Kier alpha value is -1.32. The molecule has 1 aliphatic rings.